The largest absolute Gasteiger partial charge is 0.503 e. The third-order valence-electron chi connectivity index (χ3n) is 2.10. The summed E-state index contributed by atoms with van der Waals surface area (Å²) in [5.41, 5.74) is -0.590. The molecule has 0 heterocycles. The number of nitrogens with one attached hydrogen (secondary N) is 1. The maximum Gasteiger partial charge on any atom is 0.325 e. The van der Waals surface area contributed by atoms with Gasteiger partial charge in [0.1, 0.15) is 11.7 Å². The molecule has 17 heavy (non-hydrogen) atoms. The smallest absolute Gasteiger partial charge is 0.325 e. The first kappa shape index (κ1) is 12.6. The summed E-state index contributed by atoms with van der Waals surface area (Å²) in [6.45, 7) is 1.21. The zero-order valence-corrected chi connectivity index (χ0v) is 8.67. The predicted molar refractivity (Wildman–Crippen MR) is 55.5 cm³/mol. The van der Waals surface area contributed by atoms with Crippen molar-refractivity contribution in [2.45, 2.75) is 13.0 Å². The molecule has 1 rings (SSSR count). The number of phenolic OH excluding ortho intramolecular Hbond substituents is 5. The second kappa shape index (κ2) is 4.16. The zero-order chi connectivity index (χ0) is 13.3. The monoisotopic (exact) mass is 245 g/mol. The Balaban J connectivity index is 3.30. The molecule has 0 amide bonds. The first-order valence-electron chi connectivity index (χ1n) is 4.45. The summed E-state index contributed by atoms with van der Waals surface area (Å²) < 4.78 is 0. The topological polar surface area (TPSA) is 150 Å². The van der Waals surface area contributed by atoms with Crippen LogP contribution in [0.3, 0.4) is 0 Å². The summed E-state index contributed by atoms with van der Waals surface area (Å²) in [5.74, 6) is -6.46. The summed E-state index contributed by atoms with van der Waals surface area (Å²) >= 11 is 0. The third kappa shape index (κ3) is 2.05. The highest BCUT2D eigenvalue weighted by Crippen LogP contribution is 2.53. The molecule has 1 aromatic carbocycles. The molecule has 94 valence electrons. The molecule has 0 spiro atoms. The van der Waals surface area contributed by atoms with Crippen LogP contribution in [0.2, 0.25) is 0 Å². The fourth-order valence-electron chi connectivity index (χ4n) is 1.10. The van der Waals surface area contributed by atoms with Gasteiger partial charge in [-0.1, -0.05) is 0 Å². The van der Waals surface area contributed by atoms with E-state index in [0.717, 1.165) is 0 Å². The SMILES string of the molecule is C[C@H](Nc1c(O)c(O)c(O)c(O)c1O)C(=O)O. The molecule has 0 saturated carbocycles. The first-order valence-corrected chi connectivity index (χ1v) is 4.45. The van der Waals surface area contributed by atoms with Gasteiger partial charge in [0.15, 0.2) is 11.5 Å². The Hall–Kier alpha value is -2.51. The number of aromatic hydroxyl groups is 5. The molecule has 0 fully saturated rings. The molecule has 0 radical (unpaired) electrons. The van der Waals surface area contributed by atoms with Crippen molar-refractivity contribution in [2.75, 3.05) is 5.32 Å². The highest BCUT2D eigenvalue weighted by atomic mass is 16.4. The molecular formula is C9H11NO7. The average molecular weight is 245 g/mol. The number of anilines is 1. The maximum atomic E-state index is 10.6. The normalized spacial score (nSPS) is 12.1. The fourth-order valence-corrected chi connectivity index (χ4v) is 1.10. The molecule has 7 N–H and O–H groups in total. The van der Waals surface area contributed by atoms with Gasteiger partial charge in [-0.2, -0.15) is 0 Å². The molecule has 1 aromatic rings. The van der Waals surface area contributed by atoms with Crippen LogP contribution in [-0.2, 0) is 4.79 Å². The molecular weight excluding hydrogens is 234 g/mol. The Bertz CT molecular complexity index is 442. The fraction of sp³-hybridized carbons (Fsp3) is 0.222. The van der Waals surface area contributed by atoms with Crippen molar-refractivity contribution >= 4 is 11.7 Å². The van der Waals surface area contributed by atoms with Crippen LogP contribution in [0.1, 0.15) is 6.92 Å². The van der Waals surface area contributed by atoms with Crippen LogP contribution in [-0.4, -0.2) is 42.7 Å². The van der Waals surface area contributed by atoms with E-state index < -0.39 is 46.4 Å². The Morgan fingerprint density at radius 3 is 1.65 bits per heavy atom. The van der Waals surface area contributed by atoms with Crippen LogP contribution in [0.15, 0.2) is 0 Å². The maximum absolute atomic E-state index is 10.6. The lowest BCUT2D eigenvalue weighted by Gasteiger charge is -2.16. The number of aliphatic carboxylic acids is 1. The quantitative estimate of drug-likeness (QED) is 0.292. The van der Waals surface area contributed by atoms with E-state index in [1.165, 1.54) is 6.92 Å². The number of carbonyl (C=O) groups is 1. The summed E-state index contributed by atoms with van der Waals surface area (Å²) in [7, 11) is 0. The average Bonchev–Trinajstić information content (AvgIpc) is 2.29. The Morgan fingerprint density at radius 2 is 1.29 bits per heavy atom. The van der Waals surface area contributed by atoms with E-state index in [-0.39, 0.29) is 0 Å². The van der Waals surface area contributed by atoms with Gasteiger partial charge in [0.25, 0.3) is 0 Å². The van der Waals surface area contributed by atoms with E-state index in [0.29, 0.717) is 0 Å². The van der Waals surface area contributed by atoms with Gasteiger partial charge in [-0.25, -0.2) is 0 Å². The molecule has 0 aliphatic heterocycles. The Morgan fingerprint density at radius 1 is 0.941 bits per heavy atom. The van der Waals surface area contributed by atoms with Gasteiger partial charge in [-0.15, -0.1) is 0 Å². The zero-order valence-electron chi connectivity index (χ0n) is 8.67. The van der Waals surface area contributed by atoms with Crippen LogP contribution in [0, 0.1) is 0 Å². The predicted octanol–water partition coefficient (Wildman–Crippen LogP) is 0.0996. The van der Waals surface area contributed by atoms with Crippen LogP contribution < -0.4 is 5.32 Å². The lowest BCUT2D eigenvalue weighted by Crippen LogP contribution is -2.25. The summed E-state index contributed by atoms with van der Waals surface area (Å²) in [6.07, 6.45) is 0. The summed E-state index contributed by atoms with van der Waals surface area (Å²) in [4.78, 5) is 10.6. The molecule has 0 saturated heterocycles. The molecule has 8 heteroatoms. The summed E-state index contributed by atoms with van der Waals surface area (Å²) in [5, 5.41) is 57.0. The van der Waals surface area contributed by atoms with E-state index in [1.54, 1.807) is 0 Å². The van der Waals surface area contributed by atoms with E-state index in [2.05, 4.69) is 5.32 Å². The number of carboxylic acids is 1. The van der Waals surface area contributed by atoms with Crippen LogP contribution in [0.4, 0.5) is 5.69 Å². The van der Waals surface area contributed by atoms with Gasteiger partial charge < -0.3 is 36.0 Å². The molecule has 0 bridgehead atoms. The minimum absolute atomic E-state index is 0.590. The number of rotatable bonds is 3. The van der Waals surface area contributed by atoms with Gasteiger partial charge in [0.05, 0.1) is 0 Å². The number of hydrogen-bond donors (Lipinski definition) is 7. The minimum atomic E-state index is -1.28. The molecule has 0 aliphatic carbocycles. The van der Waals surface area contributed by atoms with Gasteiger partial charge in [0.2, 0.25) is 17.2 Å². The van der Waals surface area contributed by atoms with Crippen molar-refractivity contribution in [2.24, 2.45) is 0 Å². The third-order valence-corrected chi connectivity index (χ3v) is 2.10. The summed E-state index contributed by atoms with van der Waals surface area (Å²) in [6, 6.07) is -1.20. The van der Waals surface area contributed by atoms with Gasteiger partial charge in [-0.05, 0) is 6.92 Å². The van der Waals surface area contributed by atoms with E-state index >= 15 is 0 Å². The number of phenols is 5. The van der Waals surface area contributed by atoms with Gasteiger partial charge in [0, 0.05) is 0 Å². The molecule has 1 atom stereocenters. The lowest BCUT2D eigenvalue weighted by atomic mass is 10.2. The van der Waals surface area contributed by atoms with E-state index in [1.807, 2.05) is 0 Å². The lowest BCUT2D eigenvalue weighted by molar-refractivity contribution is -0.137. The molecule has 0 aliphatic rings. The van der Waals surface area contributed by atoms with Crippen molar-refractivity contribution in [1.29, 1.82) is 0 Å². The second-order valence-corrected chi connectivity index (χ2v) is 3.32. The number of carboxylic acid groups (broad SMARTS) is 1. The standard InChI is InChI=1S/C9H11NO7/c1-2(9(16)17)10-3-4(11)6(13)8(15)7(14)5(3)12/h2,10-15H,1H3,(H,16,17)/t2-/m0/s1. The Labute approximate surface area is 95.0 Å². The Kier molecular flexibility index (Phi) is 3.07. The van der Waals surface area contributed by atoms with Gasteiger partial charge >= 0.3 is 5.97 Å². The number of benzene rings is 1. The highest BCUT2D eigenvalue weighted by Gasteiger charge is 2.25. The molecule has 0 aromatic heterocycles. The van der Waals surface area contributed by atoms with Crippen molar-refractivity contribution in [3.05, 3.63) is 0 Å². The van der Waals surface area contributed by atoms with Crippen molar-refractivity contribution in [3.8, 4) is 28.7 Å². The van der Waals surface area contributed by atoms with Crippen molar-refractivity contribution in [1.82, 2.24) is 0 Å². The van der Waals surface area contributed by atoms with Crippen LogP contribution >= 0.6 is 0 Å². The highest BCUT2D eigenvalue weighted by molar-refractivity contribution is 5.84. The first-order chi connectivity index (χ1) is 7.77. The van der Waals surface area contributed by atoms with Crippen molar-refractivity contribution in [3.63, 3.8) is 0 Å². The van der Waals surface area contributed by atoms with Crippen LogP contribution in [0.5, 0.6) is 28.7 Å². The minimum Gasteiger partial charge on any atom is -0.503 e. The second-order valence-electron chi connectivity index (χ2n) is 3.32. The van der Waals surface area contributed by atoms with Crippen LogP contribution in [0.25, 0.3) is 0 Å². The van der Waals surface area contributed by atoms with E-state index in [4.69, 9.17) is 10.2 Å². The van der Waals surface area contributed by atoms with Gasteiger partial charge in [-0.3, -0.25) is 4.79 Å². The molecule has 0 unspecified atom stereocenters. The van der Waals surface area contributed by atoms with E-state index in [9.17, 15) is 25.2 Å². The molecule has 8 nitrogen and oxygen atoms in total. The van der Waals surface area contributed by atoms with Crippen molar-refractivity contribution < 1.29 is 35.4 Å². The number of hydrogen-bond acceptors (Lipinski definition) is 7.